The fourth-order valence-corrected chi connectivity index (χ4v) is 1.51. The molecule has 98 valence electrons. The molecule has 0 spiro atoms. The van der Waals surface area contributed by atoms with Crippen LogP contribution in [-0.4, -0.2) is 21.9 Å². The molecule has 1 aromatic heterocycles. The van der Waals surface area contributed by atoms with Gasteiger partial charge < -0.3 is 5.32 Å². The number of hydrogen-bond acceptors (Lipinski definition) is 5. The lowest BCUT2D eigenvalue weighted by molar-refractivity contribution is -0.384. The average molecular weight is 266 g/mol. The number of nitrogens with zero attached hydrogens (tertiary/aromatic N) is 3. The van der Waals surface area contributed by atoms with Crippen LogP contribution in [0.5, 0.6) is 0 Å². The highest BCUT2D eigenvalue weighted by molar-refractivity contribution is 5.70. The minimum Gasteiger partial charge on any atom is -0.357 e. The van der Waals surface area contributed by atoms with Crippen molar-refractivity contribution >= 4 is 11.6 Å². The van der Waals surface area contributed by atoms with Crippen molar-refractivity contribution in [1.29, 1.82) is 0 Å². The van der Waals surface area contributed by atoms with E-state index in [2.05, 4.69) is 15.3 Å². The summed E-state index contributed by atoms with van der Waals surface area (Å²) in [6.45, 7) is 0. The number of nitrogens with one attached hydrogen (secondary N) is 1. The summed E-state index contributed by atoms with van der Waals surface area (Å²) in [4.78, 5) is 17.6. The Hall–Kier alpha value is -2.64. The van der Waals surface area contributed by atoms with Crippen molar-refractivity contribution in [3.05, 3.63) is 46.1 Å². The van der Waals surface area contributed by atoms with Gasteiger partial charge in [0.1, 0.15) is 6.20 Å². The van der Waals surface area contributed by atoms with Gasteiger partial charge in [0.15, 0.2) is 17.3 Å². The van der Waals surface area contributed by atoms with Gasteiger partial charge in [-0.25, -0.2) is 18.7 Å². The van der Waals surface area contributed by atoms with Crippen molar-refractivity contribution in [2.24, 2.45) is 0 Å². The first-order chi connectivity index (χ1) is 9.04. The van der Waals surface area contributed by atoms with Crippen LogP contribution in [0.2, 0.25) is 0 Å². The topological polar surface area (TPSA) is 81.0 Å². The van der Waals surface area contributed by atoms with Gasteiger partial charge in [0.2, 0.25) is 5.95 Å². The SMILES string of the molecule is CNc1ncc([N+](=O)[O-])c(-c2cccc(F)c2F)n1. The van der Waals surface area contributed by atoms with E-state index in [0.717, 1.165) is 12.3 Å². The average Bonchev–Trinajstić information content (AvgIpc) is 2.41. The summed E-state index contributed by atoms with van der Waals surface area (Å²) in [6, 6.07) is 3.39. The molecule has 0 atom stereocenters. The quantitative estimate of drug-likeness (QED) is 0.681. The monoisotopic (exact) mass is 266 g/mol. The number of hydrogen-bond donors (Lipinski definition) is 1. The van der Waals surface area contributed by atoms with Crippen LogP contribution in [-0.2, 0) is 0 Å². The van der Waals surface area contributed by atoms with E-state index >= 15 is 0 Å². The predicted molar refractivity (Wildman–Crippen MR) is 63.6 cm³/mol. The summed E-state index contributed by atoms with van der Waals surface area (Å²) in [5.41, 5.74) is -1.06. The molecule has 6 nitrogen and oxygen atoms in total. The molecule has 8 heteroatoms. The van der Waals surface area contributed by atoms with Gasteiger partial charge in [0.25, 0.3) is 0 Å². The highest BCUT2D eigenvalue weighted by Crippen LogP contribution is 2.30. The molecule has 0 aliphatic carbocycles. The fourth-order valence-electron chi connectivity index (χ4n) is 1.51. The van der Waals surface area contributed by atoms with Gasteiger partial charge in [-0.3, -0.25) is 10.1 Å². The summed E-state index contributed by atoms with van der Waals surface area (Å²) in [7, 11) is 1.51. The van der Waals surface area contributed by atoms with E-state index in [-0.39, 0.29) is 17.2 Å². The Morgan fingerprint density at radius 1 is 1.37 bits per heavy atom. The molecule has 19 heavy (non-hydrogen) atoms. The van der Waals surface area contributed by atoms with Gasteiger partial charge in [-0.2, -0.15) is 0 Å². The number of rotatable bonds is 3. The molecule has 0 saturated heterocycles. The highest BCUT2D eigenvalue weighted by atomic mass is 19.2. The minimum absolute atomic E-state index is 0.0734. The predicted octanol–water partition coefficient (Wildman–Crippen LogP) is 2.37. The molecule has 1 N–H and O–H groups in total. The number of benzene rings is 1. The molecule has 0 amide bonds. The van der Waals surface area contributed by atoms with Crippen LogP contribution in [0.4, 0.5) is 20.4 Å². The van der Waals surface area contributed by atoms with E-state index < -0.39 is 22.2 Å². The van der Waals surface area contributed by atoms with Gasteiger partial charge in [0.05, 0.1) is 4.92 Å². The second kappa shape index (κ2) is 4.92. The number of halogens is 2. The summed E-state index contributed by atoms with van der Waals surface area (Å²) in [5.74, 6) is -2.22. The molecular weight excluding hydrogens is 258 g/mol. The molecule has 0 fully saturated rings. The zero-order valence-corrected chi connectivity index (χ0v) is 9.72. The van der Waals surface area contributed by atoms with Crippen molar-refractivity contribution in [3.63, 3.8) is 0 Å². The fraction of sp³-hybridized carbons (Fsp3) is 0.0909. The Kier molecular flexibility index (Phi) is 3.32. The maximum atomic E-state index is 13.7. The molecule has 0 aliphatic rings. The number of aromatic nitrogens is 2. The first kappa shape index (κ1) is 12.8. The summed E-state index contributed by atoms with van der Waals surface area (Å²) in [5, 5.41) is 13.5. The van der Waals surface area contributed by atoms with Crippen LogP contribution in [0.15, 0.2) is 24.4 Å². The van der Waals surface area contributed by atoms with Gasteiger partial charge in [0, 0.05) is 12.6 Å². The smallest absolute Gasteiger partial charge is 0.313 e. The zero-order valence-electron chi connectivity index (χ0n) is 9.72. The first-order valence-corrected chi connectivity index (χ1v) is 5.18. The molecule has 1 aromatic carbocycles. The van der Waals surface area contributed by atoms with Crippen LogP contribution < -0.4 is 5.32 Å². The molecule has 0 radical (unpaired) electrons. The van der Waals surface area contributed by atoms with Crippen LogP contribution in [0.1, 0.15) is 0 Å². The van der Waals surface area contributed by atoms with Crippen molar-refractivity contribution in [3.8, 4) is 11.3 Å². The largest absolute Gasteiger partial charge is 0.357 e. The van der Waals surface area contributed by atoms with Gasteiger partial charge >= 0.3 is 5.69 Å². The Labute approximate surface area is 106 Å². The first-order valence-electron chi connectivity index (χ1n) is 5.18. The van der Waals surface area contributed by atoms with Crippen molar-refractivity contribution < 1.29 is 13.7 Å². The van der Waals surface area contributed by atoms with Gasteiger partial charge in [-0.05, 0) is 12.1 Å². The Balaban J connectivity index is 2.72. The third-order valence-electron chi connectivity index (χ3n) is 2.40. The molecule has 0 aliphatic heterocycles. The Morgan fingerprint density at radius 3 is 2.74 bits per heavy atom. The second-order valence-electron chi connectivity index (χ2n) is 3.54. The summed E-state index contributed by atoms with van der Waals surface area (Å²) < 4.78 is 26.9. The molecular formula is C11H8F2N4O2. The van der Waals surface area contributed by atoms with Crippen LogP contribution in [0, 0.1) is 21.7 Å². The van der Waals surface area contributed by atoms with Crippen LogP contribution in [0.25, 0.3) is 11.3 Å². The third-order valence-corrected chi connectivity index (χ3v) is 2.40. The molecule has 0 unspecified atom stereocenters. The Morgan fingerprint density at radius 2 is 2.11 bits per heavy atom. The number of nitro groups is 1. The van der Waals surface area contributed by atoms with Gasteiger partial charge in [-0.15, -0.1) is 0 Å². The van der Waals surface area contributed by atoms with Crippen molar-refractivity contribution in [2.45, 2.75) is 0 Å². The van der Waals surface area contributed by atoms with Crippen molar-refractivity contribution in [1.82, 2.24) is 9.97 Å². The van der Waals surface area contributed by atoms with Crippen molar-refractivity contribution in [2.75, 3.05) is 12.4 Å². The second-order valence-corrected chi connectivity index (χ2v) is 3.54. The minimum atomic E-state index is -1.19. The maximum absolute atomic E-state index is 13.7. The van der Waals surface area contributed by atoms with E-state index in [9.17, 15) is 18.9 Å². The van der Waals surface area contributed by atoms with E-state index in [1.54, 1.807) is 0 Å². The van der Waals surface area contributed by atoms with Crippen LogP contribution in [0.3, 0.4) is 0 Å². The van der Waals surface area contributed by atoms with Gasteiger partial charge in [-0.1, -0.05) is 6.07 Å². The molecule has 2 aromatic rings. The molecule has 0 bridgehead atoms. The Bertz CT molecular complexity index is 649. The highest BCUT2D eigenvalue weighted by Gasteiger charge is 2.22. The molecule has 1 heterocycles. The van der Waals surface area contributed by atoms with E-state index in [0.29, 0.717) is 0 Å². The standard InChI is InChI=1S/C11H8F2N4O2/c1-14-11-15-5-8(17(18)19)10(16-11)6-3-2-4-7(12)9(6)13/h2-5H,1H3,(H,14,15,16). The lowest BCUT2D eigenvalue weighted by atomic mass is 10.1. The normalized spacial score (nSPS) is 10.3. The molecule has 2 rings (SSSR count). The summed E-state index contributed by atoms with van der Waals surface area (Å²) >= 11 is 0. The van der Waals surface area contributed by atoms with E-state index in [4.69, 9.17) is 0 Å². The maximum Gasteiger partial charge on any atom is 0.313 e. The third kappa shape index (κ3) is 2.32. The number of anilines is 1. The lowest BCUT2D eigenvalue weighted by Gasteiger charge is -2.06. The molecule has 0 saturated carbocycles. The van der Waals surface area contributed by atoms with E-state index in [1.807, 2.05) is 0 Å². The van der Waals surface area contributed by atoms with E-state index in [1.165, 1.54) is 19.2 Å². The lowest BCUT2D eigenvalue weighted by Crippen LogP contribution is -2.03. The summed E-state index contributed by atoms with van der Waals surface area (Å²) in [6.07, 6.45) is 0.943. The zero-order chi connectivity index (χ0) is 14.0. The van der Waals surface area contributed by atoms with Crippen LogP contribution >= 0.6 is 0 Å².